The molecule has 1 atom stereocenters. The van der Waals surface area contributed by atoms with Gasteiger partial charge in [-0.3, -0.25) is 9.59 Å². The summed E-state index contributed by atoms with van der Waals surface area (Å²) in [7, 11) is 1.43. The summed E-state index contributed by atoms with van der Waals surface area (Å²) in [5, 5.41) is 2.54. The van der Waals surface area contributed by atoms with E-state index in [-0.39, 0.29) is 30.0 Å². The highest BCUT2D eigenvalue weighted by Gasteiger charge is 2.32. The molecule has 1 unspecified atom stereocenters. The van der Waals surface area contributed by atoms with E-state index in [2.05, 4.69) is 5.32 Å². The van der Waals surface area contributed by atoms with Gasteiger partial charge < -0.3 is 19.7 Å². The topological polar surface area (TPSA) is 102 Å². The highest BCUT2D eigenvalue weighted by atomic mass is 32.2. The van der Waals surface area contributed by atoms with E-state index in [1.165, 1.54) is 31.3 Å². The molecule has 0 bridgehead atoms. The van der Waals surface area contributed by atoms with Crippen LogP contribution in [-0.4, -0.2) is 70.5 Å². The molecule has 1 aliphatic rings. The van der Waals surface area contributed by atoms with Gasteiger partial charge in [-0.05, 0) is 18.6 Å². The fourth-order valence-electron chi connectivity index (χ4n) is 2.61. The summed E-state index contributed by atoms with van der Waals surface area (Å²) in [6, 6.07) is 4.37. The molecular weight excluding hydrogens is 348 g/mol. The van der Waals surface area contributed by atoms with Crippen molar-refractivity contribution in [3.63, 3.8) is 0 Å². The molecule has 9 heteroatoms. The number of nitrogens with one attached hydrogen (secondary N) is 1. The van der Waals surface area contributed by atoms with E-state index in [0.717, 1.165) is 0 Å². The van der Waals surface area contributed by atoms with Crippen LogP contribution in [0.5, 0.6) is 11.5 Å². The molecule has 2 amide bonds. The first-order valence-electron chi connectivity index (χ1n) is 7.73. The molecule has 0 spiro atoms. The maximum atomic E-state index is 12.2. The SMILES string of the molecule is COc1cc(OC)cc(C(=O)NCC(=O)N(C)C2CCS(=O)(=O)C2)c1. The third-order valence-corrected chi connectivity index (χ3v) is 5.91. The van der Waals surface area contributed by atoms with Gasteiger partial charge in [-0.15, -0.1) is 0 Å². The lowest BCUT2D eigenvalue weighted by Crippen LogP contribution is -2.43. The standard InChI is InChI=1S/C16H22N2O6S/c1-18(12-4-5-25(21,22)10-12)15(19)9-17-16(20)11-6-13(23-2)8-14(7-11)24-3/h6-8,12H,4-5,9-10H2,1-3H3,(H,17,20). The fraction of sp³-hybridized carbons (Fsp3) is 0.500. The van der Waals surface area contributed by atoms with Crippen LogP contribution >= 0.6 is 0 Å². The third kappa shape index (κ3) is 4.85. The van der Waals surface area contributed by atoms with Gasteiger partial charge in [0, 0.05) is 24.7 Å². The summed E-state index contributed by atoms with van der Waals surface area (Å²) in [4.78, 5) is 25.8. The van der Waals surface area contributed by atoms with E-state index in [9.17, 15) is 18.0 Å². The average molecular weight is 370 g/mol. The van der Waals surface area contributed by atoms with E-state index in [4.69, 9.17) is 9.47 Å². The molecular formula is C16H22N2O6S. The highest BCUT2D eigenvalue weighted by molar-refractivity contribution is 7.91. The molecule has 2 rings (SSSR count). The zero-order chi connectivity index (χ0) is 18.6. The molecule has 1 fully saturated rings. The van der Waals surface area contributed by atoms with E-state index in [1.54, 1.807) is 13.1 Å². The number of benzene rings is 1. The van der Waals surface area contributed by atoms with Gasteiger partial charge >= 0.3 is 0 Å². The molecule has 1 saturated heterocycles. The number of sulfone groups is 1. The smallest absolute Gasteiger partial charge is 0.251 e. The number of nitrogens with zero attached hydrogens (tertiary/aromatic N) is 1. The molecule has 1 heterocycles. The van der Waals surface area contributed by atoms with Gasteiger partial charge in [-0.25, -0.2) is 8.42 Å². The monoisotopic (exact) mass is 370 g/mol. The number of carbonyl (C=O) groups excluding carboxylic acids is 2. The van der Waals surface area contributed by atoms with Gasteiger partial charge in [-0.1, -0.05) is 0 Å². The normalized spacial score (nSPS) is 18.4. The van der Waals surface area contributed by atoms with E-state index in [0.29, 0.717) is 23.5 Å². The van der Waals surface area contributed by atoms with Crippen molar-refractivity contribution in [2.75, 3.05) is 39.3 Å². The van der Waals surface area contributed by atoms with Crippen molar-refractivity contribution >= 4 is 21.7 Å². The van der Waals surface area contributed by atoms with Gasteiger partial charge in [0.15, 0.2) is 9.84 Å². The lowest BCUT2D eigenvalue weighted by Gasteiger charge is -2.23. The lowest BCUT2D eigenvalue weighted by atomic mass is 10.2. The van der Waals surface area contributed by atoms with Crippen molar-refractivity contribution in [2.45, 2.75) is 12.5 Å². The number of hydrogen-bond donors (Lipinski definition) is 1. The summed E-state index contributed by atoms with van der Waals surface area (Å²) < 4.78 is 33.2. The van der Waals surface area contributed by atoms with E-state index in [1.807, 2.05) is 0 Å². The molecule has 8 nitrogen and oxygen atoms in total. The van der Waals surface area contributed by atoms with Gasteiger partial charge in [-0.2, -0.15) is 0 Å². The molecule has 0 radical (unpaired) electrons. The second-order valence-corrected chi connectivity index (χ2v) is 8.07. The van der Waals surface area contributed by atoms with Crippen LogP contribution in [0.2, 0.25) is 0 Å². The molecule has 1 aromatic rings. The summed E-state index contributed by atoms with van der Waals surface area (Å²) in [5.74, 6) is 0.193. The van der Waals surface area contributed by atoms with Crippen molar-refractivity contribution in [2.24, 2.45) is 0 Å². The number of likely N-dealkylation sites (N-methyl/N-ethyl adjacent to an activating group) is 1. The minimum absolute atomic E-state index is 0.0315. The van der Waals surface area contributed by atoms with Gasteiger partial charge in [0.2, 0.25) is 5.91 Å². The van der Waals surface area contributed by atoms with Crippen LogP contribution in [0.3, 0.4) is 0 Å². The number of methoxy groups -OCH3 is 2. The number of amides is 2. The quantitative estimate of drug-likeness (QED) is 0.761. The zero-order valence-corrected chi connectivity index (χ0v) is 15.3. The molecule has 1 aliphatic heterocycles. The van der Waals surface area contributed by atoms with Crippen LogP contribution < -0.4 is 14.8 Å². The second kappa shape index (κ2) is 7.73. The van der Waals surface area contributed by atoms with Gasteiger partial charge in [0.25, 0.3) is 5.91 Å². The highest BCUT2D eigenvalue weighted by Crippen LogP contribution is 2.22. The number of ether oxygens (including phenoxy) is 2. The molecule has 1 N–H and O–H groups in total. The Bertz CT molecular complexity index is 740. The van der Waals surface area contributed by atoms with Crippen LogP contribution in [0.25, 0.3) is 0 Å². The van der Waals surface area contributed by atoms with Crippen LogP contribution in [0.4, 0.5) is 0 Å². The predicted octanol–water partition coefficient (Wildman–Crippen LogP) is 0.0791. The van der Waals surface area contributed by atoms with Crippen molar-refractivity contribution in [3.05, 3.63) is 23.8 Å². The van der Waals surface area contributed by atoms with Crippen molar-refractivity contribution < 1.29 is 27.5 Å². The average Bonchev–Trinajstić information content (AvgIpc) is 2.97. The Kier molecular flexibility index (Phi) is 5.89. The summed E-state index contributed by atoms with van der Waals surface area (Å²) in [6.45, 7) is -0.217. The fourth-order valence-corrected chi connectivity index (χ4v) is 4.38. The Balaban J connectivity index is 1.96. The molecule has 138 valence electrons. The maximum Gasteiger partial charge on any atom is 0.251 e. The Labute approximate surface area is 147 Å². The largest absolute Gasteiger partial charge is 0.497 e. The first-order chi connectivity index (χ1) is 11.8. The number of hydrogen-bond acceptors (Lipinski definition) is 6. The molecule has 25 heavy (non-hydrogen) atoms. The molecule has 0 aliphatic carbocycles. The minimum atomic E-state index is -3.07. The van der Waals surface area contributed by atoms with Crippen molar-refractivity contribution in [3.8, 4) is 11.5 Å². The Morgan fingerprint density at radius 3 is 2.28 bits per heavy atom. The second-order valence-electron chi connectivity index (χ2n) is 5.85. The summed E-state index contributed by atoms with van der Waals surface area (Å²) in [6.07, 6.45) is 0.422. The third-order valence-electron chi connectivity index (χ3n) is 4.16. The van der Waals surface area contributed by atoms with Crippen molar-refractivity contribution in [1.82, 2.24) is 10.2 Å². The Hall–Kier alpha value is -2.29. The van der Waals surface area contributed by atoms with Crippen LogP contribution in [0, 0.1) is 0 Å². The Morgan fingerprint density at radius 1 is 1.20 bits per heavy atom. The van der Waals surface area contributed by atoms with Crippen molar-refractivity contribution in [1.29, 1.82) is 0 Å². The maximum absolute atomic E-state index is 12.2. The summed E-state index contributed by atoms with van der Waals surface area (Å²) >= 11 is 0. The molecule has 0 saturated carbocycles. The summed E-state index contributed by atoms with van der Waals surface area (Å²) in [5.41, 5.74) is 0.301. The van der Waals surface area contributed by atoms with Gasteiger partial charge in [0.1, 0.15) is 11.5 Å². The first kappa shape index (κ1) is 19.0. The predicted molar refractivity (Wildman–Crippen MR) is 91.7 cm³/mol. The minimum Gasteiger partial charge on any atom is -0.497 e. The molecule has 0 aromatic heterocycles. The van der Waals surface area contributed by atoms with Gasteiger partial charge in [0.05, 0.1) is 32.3 Å². The number of rotatable bonds is 6. The zero-order valence-electron chi connectivity index (χ0n) is 14.4. The van der Waals surface area contributed by atoms with Crippen LogP contribution in [-0.2, 0) is 14.6 Å². The lowest BCUT2D eigenvalue weighted by molar-refractivity contribution is -0.130. The van der Waals surface area contributed by atoms with E-state index < -0.39 is 15.7 Å². The number of carbonyl (C=O) groups is 2. The Morgan fingerprint density at radius 2 is 1.80 bits per heavy atom. The van der Waals surface area contributed by atoms with Crippen LogP contribution in [0.15, 0.2) is 18.2 Å². The molecule has 1 aromatic carbocycles. The van der Waals surface area contributed by atoms with Crippen LogP contribution in [0.1, 0.15) is 16.8 Å². The first-order valence-corrected chi connectivity index (χ1v) is 9.55. The van der Waals surface area contributed by atoms with E-state index >= 15 is 0 Å².